The number of likely N-dealkylation sites (N-methyl/N-ethyl adjacent to an activating group) is 1. The van der Waals surface area contributed by atoms with Gasteiger partial charge in [-0.15, -0.1) is 11.3 Å². The van der Waals surface area contributed by atoms with Crippen LogP contribution in [0.5, 0.6) is 0 Å². The lowest BCUT2D eigenvalue weighted by Crippen LogP contribution is -2.58. The average molecular weight is 985 g/mol. The lowest BCUT2D eigenvalue weighted by molar-refractivity contribution is -0.149. The first-order chi connectivity index (χ1) is 32.1. The molecule has 1 aromatic carbocycles. The number of ether oxygens (including phenoxy) is 2. The van der Waals surface area contributed by atoms with Crippen LogP contribution in [0.4, 0.5) is 9.18 Å². The van der Waals surface area contributed by atoms with Gasteiger partial charge in [-0.2, -0.15) is 0 Å². The molecular weight excluding hydrogens is 920 g/mol. The van der Waals surface area contributed by atoms with Crippen molar-refractivity contribution in [1.82, 2.24) is 41.3 Å². The predicted octanol–water partition coefficient (Wildman–Crippen LogP) is 6.98. The molecule has 1 aliphatic carbocycles. The molecule has 5 amide bonds. The van der Waals surface area contributed by atoms with Crippen molar-refractivity contribution in [3.8, 4) is 0 Å². The van der Waals surface area contributed by atoms with Crippen LogP contribution in [0.3, 0.4) is 0 Å². The molecule has 2 aliphatic rings. The molecule has 1 aliphatic heterocycles. The highest BCUT2D eigenvalue weighted by Gasteiger charge is 2.39. The molecule has 1 saturated heterocycles. The van der Waals surface area contributed by atoms with Gasteiger partial charge < -0.3 is 25.0 Å². The summed E-state index contributed by atoms with van der Waals surface area (Å²) in [5.74, 6) is -3.27. The molecule has 7 unspecified atom stereocenters. The number of likely N-dealkylation sites (tertiary alicyclic amines) is 1. The average Bonchev–Trinajstić information content (AvgIpc) is 3.81. The first kappa shape index (κ1) is 53.2. The summed E-state index contributed by atoms with van der Waals surface area (Å²) in [5.41, 5.74) is 5.80. The smallest absolute Gasteiger partial charge is 0.426 e. The van der Waals surface area contributed by atoms with Crippen molar-refractivity contribution in [2.24, 2.45) is 11.8 Å². The number of hydrogen-bond donors (Lipinski definition) is 4. The number of benzene rings is 1. The molecule has 4 N–H and O–H groups in total. The highest BCUT2D eigenvalue weighted by Crippen LogP contribution is 2.35. The number of hydrazine groups is 1. The molecule has 67 heavy (non-hydrogen) atoms. The molecule has 3 heterocycles. The number of nitrogens with one attached hydrogen (secondary N) is 4. The van der Waals surface area contributed by atoms with E-state index in [-0.39, 0.29) is 54.8 Å². The number of thiazole rings is 1. The number of carbonyl (C=O) groups is 6. The minimum atomic E-state index is -0.932. The summed E-state index contributed by atoms with van der Waals surface area (Å²) < 4.78 is 25.6. The predicted molar refractivity (Wildman–Crippen MR) is 257 cm³/mol. The number of halogens is 1. The monoisotopic (exact) mass is 984 g/mol. The SMILES string of the molecule is CCCN(C(=O)C(NC(=O)C1CCCCN1C)C(C)CC)C(CC(OC(C)=O)c1nc(C(=O)NC2Cc3ccc(F)cc3C(C(=O)NNC(=O)OCCSSc3ccccn3)C2)cs1)C(C)C. The highest BCUT2D eigenvalue weighted by atomic mass is 33.1. The second kappa shape index (κ2) is 26.1. The van der Waals surface area contributed by atoms with Crippen molar-refractivity contribution in [2.75, 3.05) is 32.5 Å². The highest BCUT2D eigenvalue weighted by molar-refractivity contribution is 8.76. The fourth-order valence-corrected chi connectivity index (χ4v) is 11.0. The van der Waals surface area contributed by atoms with Gasteiger partial charge in [-0.25, -0.2) is 24.6 Å². The van der Waals surface area contributed by atoms with Crippen molar-refractivity contribution >= 4 is 68.6 Å². The lowest BCUT2D eigenvalue weighted by Gasteiger charge is -2.40. The van der Waals surface area contributed by atoms with Crippen LogP contribution < -0.4 is 21.5 Å². The summed E-state index contributed by atoms with van der Waals surface area (Å²) in [6, 6.07) is 7.65. The Hall–Kier alpha value is -4.79. The van der Waals surface area contributed by atoms with Crippen LogP contribution in [-0.4, -0.2) is 112 Å². The summed E-state index contributed by atoms with van der Waals surface area (Å²) in [6.45, 7) is 12.6. The van der Waals surface area contributed by atoms with Crippen molar-refractivity contribution in [3.63, 3.8) is 0 Å². The van der Waals surface area contributed by atoms with Gasteiger partial charge in [-0.3, -0.25) is 34.3 Å². The van der Waals surface area contributed by atoms with Gasteiger partial charge in [-0.1, -0.05) is 70.4 Å². The number of piperidine rings is 1. The molecule has 16 nitrogen and oxygen atoms in total. The maximum atomic E-state index is 14.7. The van der Waals surface area contributed by atoms with E-state index < -0.39 is 59.8 Å². The third-order valence-electron chi connectivity index (χ3n) is 12.2. The van der Waals surface area contributed by atoms with E-state index in [9.17, 15) is 33.2 Å². The number of nitrogens with zero attached hydrogens (tertiary/aromatic N) is 4. The fraction of sp³-hybridized carbons (Fsp3) is 0.574. The number of aromatic nitrogens is 2. The van der Waals surface area contributed by atoms with Crippen LogP contribution in [0, 0.1) is 17.7 Å². The zero-order chi connectivity index (χ0) is 48.6. The van der Waals surface area contributed by atoms with Crippen LogP contribution in [0.2, 0.25) is 0 Å². The van der Waals surface area contributed by atoms with Crippen molar-refractivity contribution in [2.45, 2.75) is 134 Å². The van der Waals surface area contributed by atoms with E-state index in [4.69, 9.17) is 9.47 Å². The van der Waals surface area contributed by atoms with E-state index in [1.165, 1.54) is 40.6 Å². The van der Waals surface area contributed by atoms with E-state index in [1.807, 2.05) is 69.7 Å². The van der Waals surface area contributed by atoms with Crippen molar-refractivity contribution in [1.29, 1.82) is 0 Å². The van der Waals surface area contributed by atoms with E-state index in [2.05, 4.69) is 31.5 Å². The molecule has 366 valence electrons. The molecule has 1 fully saturated rings. The number of fused-ring (bicyclic) bond motifs is 1. The molecule has 5 rings (SSSR count). The molecule has 3 aromatic rings. The van der Waals surface area contributed by atoms with E-state index in [1.54, 1.807) is 17.6 Å². The Morgan fingerprint density at radius 3 is 2.52 bits per heavy atom. The molecule has 0 saturated carbocycles. The van der Waals surface area contributed by atoms with E-state index in [0.29, 0.717) is 47.7 Å². The minimum absolute atomic E-state index is 0.0684. The zero-order valence-electron chi connectivity index (χ0n) is 39.4. The number of rotatable bonds is 21. The minimum Gasteiger partial charge on any atom is -0.455 e. The summed E-state index contributed by atoms with van der Waals surface area (Å²) in [5, 5.41) is 8.87. The van der Waals surface area contributed by atoms with Crippen LogP contribution in [-0.2, 0) is 35.1 Å². The Labute approximate surface area is 404 Å². The Morgan fingerprint density at radius 1 is 1.04 bits per heavy atom. The van der Waals surface area contributed by atoms with Gasteiger partial charge in [0.05, 0.1) is 12.0 Å². The van der Waals surface area contributed by atoms with E-state index in [0.717, 1.165) is 42.2 Å². The van der Waals surface area contributed by atoms with Gasteiger partial charge in [0.2, 0.25) is 17.7 Å². The maximum Gasteiger partial charge on any atom is 0.426 e. The number of hydrogen-bond acceptors (Lipinski definition) is 14. The molecule has 0 spiro atoms. The van der Waals surface area contributed by atoms with Crippen LogP contribution in [0.15, 0.2) is 53.0 Å². The molecule has 7 atom stereocenters. The topological polar surface area (TPSA) is 201 Å². The Balaban J connectivity index is 1.25. The van der Waals surface area contributed by atoms with Crippen molar-refractivity contribution in [3.05, 3.63) is 75.6 Å². The van der Waals surface area contributed by atoms with Gasteiger partial charge in [-0.05, 0) is 104 Å². The summed E-state index contributed by atoms with van der Waals surface area (Å²) in [4.78, 5) is 93.5. The van der Waals surface area contributed by atoms with E-state index >= 15 is 0 Å². The van der Waals surface area contributed by atoms with Gasteiger partial charge in [0, 0.05) is 49.3 Å². The zero-order valence-corrected chi connectivity index (χ0v) is 41.8. The van der Waals surface area contributed by atoms with Gasteiger partial charge in [0.1, 0.15) is 34.2 Å². The normalized spacial score (nSPS) is 18.9. The summed E-state index contributed by atoms with van der Waals surface area (Å²) in [7, 11) is 4.84. The number of carbonyl (C=O) groups excluding carboxylic acids is 6. The van der Waals surface area contributed by atoms with Gasteiger partial charge in [0.25, 0.3) is 5.91 Å². The number of pyridine rings is 1. The second-order valence-corrected chi connectivity index (χ2v) is 20.8. The van der Waals surface area contributed by atoms with Crippen molar-refractivity contribution < 1.29 is 42.6 Å². The van der Waals surface area contributed by atoms with Crippen LogP contribution in [0.25, 0.3) is 0 Å². The summed E-state index contributed by atoms with van der Waals surface area (Å²) >= 11 is 1.15. The third-order valence-corrected chi connectivity index (χ3v) is 15.3. The quantitative estimate of drug-likeness (QED) is 0.0369. The third kappa shape index (κ3) is 15.4. The first-order valence-electron chi connectivity index (χ1n) is 23.1. The van der Waals surface area contributed by atoms with Crippen LogP contribution >= 0.6 is 32.9 Å². The summed E-state index contributed by atoms with van der Waals surface area (Å²) in [6.07, 6.45) is 4.54. The Morgan fingerprint density at radius 2 is 1.84 bits per heavy atom. The van der Waals surface area contributed by atoms with Crippen LogP contribution in [0.1, 0.15) is 125 Å². The number of esters is 1. The first-order valence-corrected chi connectivity index (χ1v) is 26.3. The molecular formula is C47H65FN8O8S3. The van der Waals surface area contributed by atoms with Gasteiger partial charge >= 0.3 is 12.1 Å². The largest absolute Gasteiger partial charge is 0.455 e. The fourth-order valence-electron chi connectivity index (χ4n) is 8.47. The standard InChI is InChI=1S/C47H65FN8O8S3/c1-8-19-56(46(61)41(29(5)9-2)52-44(60)37-14-11-13-20-55(37)7)38(28(3)4)26-39(64-30(6)57)45-51-36(27-65-45)43(59)50-33-23-31-16-17-32(48)24-34(31)35(25-33)42(58)53-54-47(62)63-21-22-66-67-40-15-10-12-18-49-40/h10,12,15-18,24,27-29,33,35,37-39,41H,8-9,11,13-14,19-23,25-26H2,1-7H3,(H,50,59)(H,52,60)(H,53,58)(H,54,62). The van der Waals surface area contributed by atoms with Gasteiger partial charge in [0.15, 0.2) is 6.10 Å². The maximum absolute atomic E-state index is 14.7. The Kier molecular flexibility index (Phi) is 20.7. The molecule has 0 radical (unpaired) electrons. The molecule has 0 bridgehead atoms. The molecule has 20 heteroatoms. The second-order valence-electron chi connectivity index (χ2n) is 17.4. The lowest BCUT2D eigenvalue weighted by atomic mass is 9.79. The molecule has 2 aromatic heterocycles. The number of amides is 5. The Bertz CT molecular complexity index is 2150.